The lowest BCUT2D eigenvalue weighted by atomic mass is 10.2. The molecule has 0 aliphatic carbocycles. The van der Waals surface area contributed by atoms with Crippen LogP contribution in [0.1, 0.15) is 5.56 Å². The Kier molecular flexibility index (Phi) is 5.29. The van der Waals surface area contributed by atoms with Gasteiger partial charge in [0.15, 0.2) is 0 Å². The fourth-order valence-electron chi connectivity index (χ4n) is 3.25. The summed E-state index contributed by atoms with van der Waals surface area (Å²) in [4.78, 5) is 15.8. The van der Waals surface area contributed by atoms with Gasteiger partial charge in [-0.3, -0.25) is 4.90 Å². The zero-order valence-electron chi connectivity index (χ0n) is 15.4. The van der Waals surface area contributed by atoms with Gasteiger partial charge in [-0.2, -0.15) is 4.31 Å². The number of fused-ring (bicyclic) bond motifs is 1. The molecule has 5 nitrogen and oxygen atoms in total. The Bertz CT molecular complexity index is 1200. The maximum atomic E-state index is 13.4. The van der Waals surface area contributed by atoms with Crippen LogP contribution in [-0.4, -0.2) is 20.7 Å². The van der Waals surface area contributed by atoms with Gasteiger partial charge in [0.2, 0.25) is 0 Å². The molecule has 3 aromatic carbocycles. The number of urea groups is 1. The monoisotopic (exact) mass is 444 g/mol. The number of hydrogen-bond donors (Lipinski definition) is 0. The van der Waals surface area contributed by atoms with E-state index in [1.54, 1.807) is 42.5 Å². The topological polar surface area (TPSA) is 57.7 Å². The largest absolute Gasteiger partial charge is 0.343 e. The van der Waals surface area contributed by atoms with Crippen molar-refractivity contribution in [2.24, 2.45) is 0 Å². The number of rotatable bonds is 4. The first-order chi connectivity index (χ1) is 13.9. The van der Waals surface area contributed by atoms with Crippen LogP contribution in [0.2, 0.25) is 5.02 Å². The first kappa shape index (κ1) is 19.8. The average molecular weight is 445 g/mol. The van der Waals surface area contributed by atoms with E-state index in [1.165, 1.54) is 22.7 Å². The minimum Gasteiger partial charge on any atom is -0.287 e. The van der Waals surface area contributed by atoms with Crippen LogP contribution in [-0.2, 0) is 16.6 Å². The molecule has 0 atom stereocenters. The predicted molar refractivity (Wildman–Crippen MR) is 117 cm³/mol. The van der Waals surface area contributed by atoms with E-state index in [1.807, 2.05) is 30.5 Å². The molecule has 0 bridgehead atoms. The lowest BCUT2D eigenvalue weighted by Crippen LogP contribution is -2.50. The summed E-state index contributed by atoms with van der Waals surface area (Å²) in [5.74, 6) is 0. The van der Waals surface area contributed by atoms with Crippen molar-refractivity contribution < 1.29 is 13.2 Å². The SMILES string of the molecule is CSc1cccc(N2C(=O)N(Cc3ccccc3Cl)c3ccccc3S2(=O)=O)c1. The van der Waals surface area contributed by atoms with E-state index in [0.717, 1.165) is 14.8 Å². The van der Waals surface area contributed by atoms with Crippen LogP contribution in [0.15, 0.2) is 82.6 Å². The fourth-order valence-corrected chi connectivity index (χ4v) is 5.48. The zero-order chi connectivity index (χ0) is 20.6. The number of para-hydroxylation sites is 1. The van der Waals surface area contributed by atoms with Crippen LogP contribution >= 0.6 is 23.4 Å². The quantitative estimate of drug-likeness (QED) is 0.506. The molecule has 29 heavy (non-hydrogen) atoms. The van der Waals surface area contributed by atoms with Crippen molar-refractivity contribution in [2.45, 2.75) is 16.3 Å². The number of nitrogens with zero attached hydrogens (tertiary/aromatic N) is 2. The van der Waals surface area contributed by atoms with Crippen molar-refractivity contribution in [3.63, 3.8) is 0 Å². The molecule has 3 aromatic rings. The van der Waals surface area contributed by atoms with E-state index in [0.29, 0.717) is 16.4 Å². The summed E-state index contributed by atoms with van der Waals surface area (Å²) >= 11 is 7.77. The molecule has 2 amide bonds. The Balaban J connectivity index is 1.88. The van der Waals surface area contributed by atoms with Gasteiger partial charge in [0, 0.05) is 9.92 Å². The van der Waals surface area contributed by atoms with Crippen molar-refractivity contribution >= 4 is 50.8 Å². The first-order valence-corrected chi connectivity index (χ1v) is 11.8. The molecule has 0 aromatic heterocycles. The van der Waals surface area contributed by atoms with Crippen LogP contribution in [0.4, 0.5) is 16.2 Å². The number of amides is 2. The highest BCUT2D eigenvalue weighted by atomic mass is 35.5. The number of benzene rings is 3. The Hall–Kier alpha value is -2.48. The minimum absolute atomic E-state index is 0.0845. The van der Waals surface area contributed by atoms with Crippen LogP contribution in [0.3, 0.4) is 0 Å². The standard InChI is InChI=1S/C21H17ClN2O3S2/c1-28-17-9-6-8-16(13-17)24-21(25)23(14-15-7-2-3-10-18(15)22)19-11-4-5-12-20(19)29(24,26)27/h2-13H,14H2,1H3. The van der Waals surface area contributed by atoms with E-state index in [4.69, 9.17) is 11.6 Å². The Labute approximate surface area is 179 Å². The van der Waals surface area contributed by atoms with Gasteiger partial charge in [0.25, 0.3) is 10.0 Å². The second kappa shape index (κ2) is 7.74. The van der Waals surface area contributed by atoms with E-state index in [9.17, 15) is 13.2 Å². The molecule has 0 N–H and O–H groups in total. The predicted octanol–water partition coefficient (Wildman–Crippen LogP) is 5.40. The van der Waals surface area contributed by atoms with Gasteiger partial charge in [-0.25, -0.2) is 13.2 Å². The molecular formula is C21H17ClN2O3S2. The van der Waals surface area contributed by atoms with Crippen molar-refractivity contribution in [2.75, 3.05) is 15.5 Å². The van der Waals surface area contributed by atoms with Gasteiger partial charge in [0.05, 0.1) is 17.9 Å². The van der Waals surface area contributed by atoms with Gasteiger partial charge in [-0.15, -0.1) is 11.8 Å². The Morgan fingerprint density at radius 3 is 2.45 bits per heavy atom. The van der Waals surface area contributed by atoms with Crippen molar-refractivity contribution in [1.82, 2.24) is 0 Å². The van der Waals surface area contributed by atoms with Gasteiger partial charge in [0.1, 0.15) is 4.90 Å². The third-order valence-electron chi connectivity index (χ3n) is 4.65. The summed E-state index contributed by atoms with van der Waals surface area (Å²) in [6.07, 6.45) is 1.89. The van der Waals surface area contributed by atoms with Crippen molar-refractivity contribution in [3.8, 4) is 0 Å². The van der Waals surface area contributed by atoms with Gasteiger partial charge in [-0.05, 0) is 48.2 Å². The highest BCUT2D eigenvalue weighted by molar-refractivity contribution is 7.98. The molecule has 1 heterocycles. The first-order valence-electron chi connectivity index (χ1n) is 8.77. The number of carbonyl (C=O) groups excluding carboxylic acids is 1. The molecule has 0 fully saturated rings. The van der Waals surface area contributed by atoms with E-state index in [2.05, 4.69) is 0 Å². The molecule has 0 saturated heterocycles. The summed E-state index contributed by atoms with van der Waals surface area (Å²) in [6.45, 7) is 0.157. The highest BCUT2D eigenvalue weighted by Crippen LogP contribution is 2.39. The third-order valence-corrected chi connectivity index (χ3v) is 7.50. The lowest BCUT2D eigenvalue weighted by molar-refractivity contribution is 0.253. The minimum atomic E-state index is -4.05. The van der Waals surface area contributed by atoms with E-state index in [-0.39, 0.29) is 11.4 Å². The molecule has 0 saturated carbocycles. The van der Waals surface area contributed by atoms with Crippen molar-refractivity contribution in [3.05, 3.63) is 83.4 Å². The lowest BCUT2D eigenvalue weighted by Gasteiger charge is -2.36. The number of halogens is 1. The second-order valence-electron chi connectivity index (χ2n) is 6.40. The number of anilines is 2. The second-order valence-corrected chi connectivity index (χ2v) is 9.44. The van der Waals surface area contributed by atoms with Crippen LogP contribution < -0.4 is 9.21 Å². The fraction of sp³-hybridized carbons (Fsp3) is 0.0952. The van der Waals surface area contributed by atoms with Crippen LogP contribution in [0, 0.1) is 0 Å². The molecule has 148 valence electrons. The molecular weight excluding hydrogens is 428 g/mol. The molecule has 1 aliphatic heterocycles. The van der Waals surface area contributed by atoms with Gasteiger partial charge < -0.3 is 0 Å². The molecule has 4 rings (SSSR count). The summed E-state index contributed by atoms with van der Waals surface area (Å²) in [5.41, 5.74) is 1.38. The smallest absolute Gasteiger partial charge is 0.287 e. The van der Waals surface area contributed by atoms with Crippen LogP contribution in [0.5, 0.6) is 0 Å². The molecule has 0 radical (unpaired) electrons. The summed E-state index contributed by atoms with van der Waals surface area (Å²) in [6, 6.07) is 20.0. The van der Waals surface area contributed by atoms with Crippen LogP contribution in [0.25, 0.3) is 0 Å². The number of thioether (sulfide) groups is 1. The maximum absolute atomic E-state index is 13.4. The third kappa shape index (κ3) is 3.50. The van der Waals surface area contributed by atoms with E-state index >= 15 is 0 Å². The normalized spacial score (nSPS) is 15.3. The van der Waals surface area contributed by atoms with Gasteiger partial charge >= 0.3 is 6.03 Å². The number of hydrogen-bond acceptors (Lipinski definition) is 4. The van der Waals surface area contributed by atoms with Gasteiger partial charge in [-0.1, -0.05) is 48.0 Å². The van der Waals surface area contributed by atoms with Crippen molar-refractivity contribution in [1.29, 1.82) is 0 Å². The molecule has 8 heteroatoms. The van der Waals surface area contributed by atoms with E-state index < -0.39 is 16.1 Å². The Morgan fingerprint density at radius 1 is 0.966 bits per heavy atom. The Morgan fingerprint density at radius 2 is 1.69 bits per heavy atom. The average Bonchev–Trinajstić information content (AvgIpc) is 2.72. The number of sulfonamides is 1. The highest BCUT2D eigenvalue weighted by Gasteiger charge is 2.42. The summed E-state index contributed by atoms with van der Waals surface area (Å²) < 4.78 is 27.5. The molecule has 0 unspecified atom stereocenters. The molecule has 1 aliphatic rings. The maximum Gasteiger partial charge on any atom is 0.343 e. The summed E-state index contributed by atoms with van der Waals surface area (Å²) in [5, 5.41) is 0.516. The molecule has 0 spiro atoms. The summed E-state index contributed by atoms with van der Waals surface area (Å²) in [7, 11) is -4.05. The number of carbonyl (C=O) groups is 1. The zero-order valence-corrected chi connectivity index (χ0v) is 17.8.